The third kappa shape index (κ3) is 3.86. The summed E-state index contributed by atoms with van der Waals surface area (Å²) in [6.07, 6.45) is -0.935. The minimum absolute atomic E-state index is 0.0417. The van der Waals surface area contributed by atoms with Crippen LogP contribution in [-0.2, 0) is 0 Å². The molecule has 0 aromatic rings. The van der Waals surface area contributed by atoms with E-state index < -0.39 is 12.8 Å². The zero-order chi connectivity index (χ0) is 4.99. The van der Waals surface area contributed by atoms with Gasteiger partial charge in [-0.2, -0.15) is 0 Å². The van der Waals surface area contributed by atoms with Gasteiger partial charge in [-0.1, -0.05) is 0 Å². The quantitative estimate of drug-likeness (QED) is 0.488. The van der Waals surface area contributed by atoms with Crippen molar-refractivity contribution in [3.8, 4) is 0 Å². The fourth-order valence-corrected chi connectivity index (χ4v) is 0.150. The van der Waals surface area contributed by atoms with E-state index in [1.807, 2.05) is 0 Å². The molecule has 0 saturated heterocycles. The van der Waals surface area contributed by atoms with E-state index in [1.54, 1.807) is 0 Å². The standard InChI is InChI=1S/C4H8F2/c1-4(6)2-3-5/h4H,2-3H2,1H3/t4-/m1/s1. The first-order valence-electron chi connectivity index (χ1n) is 1.97. The summed E-state index contributed by atoms with van der Waals surface area (Å²) in [7, 11) is 0. The maximum atomic E-state index is 11.5. The van der Waals surface area contributed by atoms with Crippen molar-refractivity contribution < 1.29 is 8.78 Å². The molecule has 0 aliphatic rings. The second-order valence-electron chi connectivity index (χ2n) is 1.26. The molecule has 0 radical (unpaired) electrons. The zero-order valence-corrected chi connectivity index (χ0v) is 3.75. The number of hydrogen-bond acceptors (Lipinski definition) is 0. The lowest BCUT2D eigenvalue weighted by Gasteiger charge is -1.89. The summed E-state index contributed by atoms with van der Waals surface area (Å²) in [6.45, 7) is 0.803. The van der Waals surface area contributed by atoms with E-state index in [-0.39, 0.29) is 6.42 Å². The molecule has 6 heavy (non-hydrogen) atoms. The fourth-order valence-electron chi connectivity index (χ4n) is 0.150. The Morgan fingerprint density at radius 1 is 1.67 bits per heavy atom. The van der Waals surface area contributed by atoms with Gasteiger partial charge in [-0.3, -0.25) is 4.39 Å². The van der Waals surface area contributed by atoms with E-state index in [9.17, 15) is 8.78 Å². The molecule has 0 nitrogen and oxygen atoms in total. The molecular formula is C4H8F2. The van der Waals surface area contributed by atoms with Gasteiger partial charge in [0.1, 0.15) is 0 Å². The van der Waals surface area contributed by atoms with Crippen molar-refractivity contribution in [2.45, 2.75) is 19.5 Å². The van der Waals surface area contributed by atoms with Crippen LogP contribution in [0.3, 0.4) is 0 Å². The van der Waals surface area contributed by atoms with Crippen LogP contribution in [0.5, 0.6) is 0 Å². The minimum atomic E-state index is -0.977. The van der Waals surface area contributed by atoms with Gasteiger partial charge in [0.25, 0.3) is 0 Å². The first-order chi connectivity index (χ1) is 2.77. The van der Waals surface area contributed by atoms with Crippen molar-refractivity contribution in [3.63, 3.8) is 0 Å². The van der Waals surface area contributed by atoms with Crippen LogP contribution in [0, 0.1) is 0 Å². The van der Waals surface area contributed by atoms with E-state index in [0.29, 0.717) is 0 Å². The topological polar surface area (TPSA) is 0 Å². The molecule has 0 rings (SSSR count). The second-order valence-corrected chi connectivity index (χ2v) is 1.26. The van der Waals surface area contributed by atoms with E-state index in [1.165, 1.54) is 6.92 Å². The highest BCUT2D eigenvalue weighted by Crippen LogP contribution is 1.93. The van der Waals surface area contributed by atoms with Crippen molar-refractivity contribution in [1.29, 1.82) is 0 Å². The second kappa shape index (κ2) is 3.07. The summed E-state index contributed by atoms with van der Waals surface area (Å²) in [5.41, 5.74) is 0. The fraction of sp³-hybridized carbons (Fsp3) is 1.00. The smallest absolute Gasteiger partial charge is 0.0998 e. The summed E-state index contributed by atoms with van der Waals surface area (Å²) in [5.74, 6) is 0. The summed E-state index contributed by atoms with van der Waals surface area (Å²) >= 11 is 0. The highest BCUT2D eigenvalue weighted by Gasteiger charge is 1.92. The molecular weight excluding hydrogens is 86.0 g/mol. The lowest BCUT2D eigenvalue weighted by molar-refractivity contribution is 0.305. The highest BCUT2D eigenvalue weighted by atomic mass is 19.1. The average molecular weight is 94.1 g/mol. The summed E-state index contributed by atoms with van der Waals surface area (Å²) < 4.78 is 22.5. The first-order valence-corrected chi connectivity index (χ1v) is 1.97. The lowest BCUT2D eigenvalue weighted by Crippen LogP contribution is -1.91. The predicted molar refractivity (Wildman–Crippen MR) is 21.2 cm³/mol. The minimum Gasteiger partial charge on any atom is -0.251 e. The molecule has 0 bridgehead atoms. The molecule has 0 unspecified atom stereocenters. The van der Waals surface area contributed by atoms with E-state index in [0.717, 1.165) is 0 Å². The molecule has 0 aliphatic heterocycles. The molecule has 0 amide bonds. The molecule has 0 aliphatic carbocycles. The Morgan fingerprint density at radius 3 is 2.17 bits per heavy atom. The Labute approximate surface area is 36.2 Å². The summed E-state index contributed by atoms with van der Waals surface area (Å²) in [6, 6.07) is 0. The molecule has 0 saturated carbocycles. The van der Waals surface area contributed by atoms with Gasteiger partial charge in [0.05, 0.1) is 12.8 Å². The van der Waals surface area contributed by atoms with Gasteiger partial charge in [0, 0.05) is 6.42 Å². The van der Waals surface area contributed by atoms with E-state index in [2.05, 4.69) is 0 Å². The zero-order valence-electron chi connectivity index (χ0n) is 3.75. The number of alkyl halides is 2. The Kier molecular flexibility index (Phi) is 2.99. The van der Waals surface area contributed by atoms with Crippen molar-refractivity contribution in [3.05, 3.63) is 0 Å². The van der Waals surface area contributed by atoms with Gasteiger partial charge >= 0.3 is 0 Å². The number of halogens is 2. The molecule has 0 heterocycles. The molecule has 0 aromatic carbocycles. The molecule has 0 aromatic heterocycles. The predicted octanol–water partition coefficient (Wildman–Crippen LogP) is 1.70. The van der Waals surface area contributed by atoms with Crippen LogP contribution in [0.25, 0.3) is 0 Å². The average Bonchev–Trinajstić information content (AvgIpc) is 1.35. The molecule has 1 atom stereocenters. The lowest BCUT2D eigenvalue weighted by atomic mass is 10.3. The Balaban J connectivity index is 2.63. The van der Waals surface area contributed by atoms with Gasteiger partial charge in [-0.15, -0.1) is 0 Å². The number of rotatable bonds is 2. The third-order valence-electron chi connectivity index (χ3n) is 0.507. The maximum Gasteiger partial charge on any atom is 0.0998 e. The largest absolute Gasteiger partial charge is 0.251 e. The van der Waals surface area contributed by atoms with Gasteiger partial charge < -0.3 is 0 Å². The summed E-state index contributed by atoms with van der Waals surface area (Å²) in [4.78, 5) is 0. The normalized spacial score (nSPS) is 14.5. The monoisotopic (exact) mass is 94.1 g/mol. The van der Waals surface area contributed by atoms with Crippen molar-refractivity contribution in [1.82, 2.24) is 0 Å². The van der Waals surface area contributed by atoms with Crippen molar-refractivity contribution in [2.24, 2.45) is 0 Å². The molecule has 0 spiro atoms. The highest BCUT2D eigenvalue weighted by molar-refractivity contribution is 4.41. The molecule has 0 N–H and O–H groups in total. The third-order valence-corrected chi connectivity index (χ3v) is 0.507. The Morgan fingerprint density at radius 2 is 2.17 bits per heavy atom. The Hall–Kier alpha value is -0.140. The van der Waals surface area contributed by atoms with Crippen LogP contribution in [-0.4, -0.2) is 12.8 Å². The van der Waals surface area contributed by atoms with Crippen LogP contribution in [0.4, 0.5) is 8.78 Å². The molecule has 2 heteroatoms. The van der Waals surface area contributed by atoms with Crippen LogP contribution in [0.2, 0.25) is 0 Å². The van der Waals surface area contributed by atoms with Gasteiger partial charge in [0.15, 0.2) is 0 Å². The SMILES string of the molecule is C[C@@H](F)CCF. The van der Waals surface area contributed by atoms with Gasteiger partial charge in [-0.05, 0) is 6.92 Å². The molecule has 38 valence electrons. The van der Waals surface area contributed by atoms with Crippen LogP contribution in [0.1, 0.15) is 13.3 Å². The maximum absolute atomic E-state index is 11.5. The van der Waals surface area contributed by atoms with Gasteiger partial charge in [-0.25, -0.2) is 4.39 Å². The van der Waals surface area contributed by atoms with Crippen LogP contribution >= 0.6 is 0 Å². The number of hydrogen-bond donors (Lipinski definition) is 0. The van der Waals surface area contributed by atoms with Crippen molar-refractivity contribution >= 4 is 0 Å². The molecule has 0 fully saturated rings. The summed E-state index contributed by atoms with van der Waals surface area (Å²) in [5, 5.41) is 0. The van der Waals surface area contributed by atoms with E-state index >= 15 is 0 Å². The van der Waals surface area contributed by atoms with Crippen molar-refractivity contribution in [2.75, 3.05) is 6.67 Å². The van der Waals surface area contributed by atoms with E-state index in [4.69, 9.17) is 0 Å². The van der Waals surface area contributed by atoms with Crippen LogP contribution < -0.4 is 0 Å². The first kappa shape index (κ1) is 5.86. The van der Waals surface area contributed by atoms with Crippen LogP contribution in [0.15, 0.2) is 0 Å². The Bertz CT molecular complexity index is 26.7. The van der Waals surface area contributed by atoms with Gasteiger partial charge in [0.2, 0.25) is 0 Å².